The molecule has 22 heavy (non-hydrogen) atoms. The van der Waals surface area contributed by atoms with E-state index in [1.54, 1.807) is 0 Å². The van der Waals surface area contributed by atoms with Crippen molar-refractivity contribution in [1.82, 2.24) is 10.0 Å². The van der Waals surface area contributed by atoms with E-state index < -0.39 is 38.2 Å². The highest BCUT2D eigenvalue weighted by atomic mass is 35.5. The monoisotopic (exact) mass is 362 g/mol. The second-order valence-electron chi connectivity index (χ2n) is 4.78. The van der Waals surface area contributed by atoms with Gasteiger partial charge < -0.3 is 5.32 Å². The van der Waals surface area contributed by atoms with Crippen molar-refractivity contribution in [2.24, 2.45) is 0 Å². The highest BCUT2D eigenvalue weighted by molar-refractivity contribution is 7.89. The molecule has 1 heterocycles. The Morgan fingerprint density at radius 1 is 1.18 bits per heavy atom. The van der Waals surface area contributed by atoms with Crippen molar-refractivity contribution in [2.75, 3.05) is 13.1 Å². The zero-order valence-corrected chi connectivity index (χ0v) is 13.0. The summed E-state index contributed by atoms with van der Waals surface area (Å²) in [4.78, 5) is -1.63. The molecule has 0 aliphatic carbocycles. The van der Waals surface area contributed by atoms with Crippen LogP contribution in [0.3, 0.4) is 0 Å². The van der Waals surface area contributed by atoms with E-state index in [0.29, 0.717) is 6.42 Å². The lowest BCUT2D eigenvalue weighted by Gasteiger charge is -2.12. The van der Waals surface area contributed by atoms with Gasteiger partial charge in [-0.05, 0) is 25.8 Å². The van der Waals surface area contributed by atoms with Crippen LogP contribution in [-0.4, -0.2) is 27.5 Å². The lowest BCUT2D eigenvalue weighted by Crippen LogP contribution is -2.32. The normalized spacial score (nSPS) is 18.3. The molecular formula is C12H15ClF4N2O2S. The average Bonchev–Trinajstić information content (AvgIpc) is 2.89. The van der Waals surface area contributed by atoms with E-state index >= 15 is 0 Å². The molecule has 0 saturated carbocycles. The summed E-state index contributed by atoms with van der Waals surface area (Å²) in [6.45, 7) is 0.743. The van der Waals surface area contributed by atoms with Crippen molar-refractivity contribution in [3.63, 3.8) is 0 Å². The summed E-state index contributed by atoms with van der Waals surface area (Å²) in [6, 6.07) is 0.0817. The van der Waals surface area contributed by atoms with Gasteiger partial charge >= 0.3 is 0 Å². The number of benzene rings is 1. The van der Waals surface area contributed by atoms with E-state index in [-0.39, 0.29) is 31.1 Å². The molecule has 2 N–H and O–H groups in total. The topological polar surface area (TPSA) is 58.2 Å². The quantitative estimate of drug-likeness (QED) is 0.623. The Labute approximate surface area is 131 Å². The van der Waals surface area contributed by atoms with Crippen molar-refractivity contribution in [3.05, 3.63) is 29.3 Å². The Balaban J connectivity index is 0.00000242. The first kappa shape index (κ1) is 19.1. The minimum absolute atomic E-state index is 0. The fourth-order valence-electron chi connectivity index (χ4n) is 2.23. The standard InChI is InChI=1S/C12H14F4N2O2S.ClH/c13-8-6-9(14)11(16)12(10(8)15)21(19,20)18-5-3-7-2-1-4-17-7;/h6-7,17-18H,1-5H2;1H/t7-;/m1./s1. The molecule has 1 aliphatic rings. The maximum absolute atomic E-state index is 13.5. The van der Waals surface area contributed by atoms with Crippen LogP contribution in [0, 0.1) is 23.3 Å². The predicted molar refractivity (Wildman–Crippen MR) is 74.4 cm³/mol. The van der Waals surface area contributed by atoms with Crippen LogP contribution in [0.15, 0.2) is 11.0 Å². The fourth-order valence-corrected chi connectivity index (χ4v) is 3.43. The SMILES string of the molecule is Cl.O=S(=O)(NCC[C@H]1CCCN1)c1c(F)c(F)cc(F)c1F. The molecule has 0 unspecified atom stereocenters. The fraction of sp³-hybridized carbons (Fsp3) is 0.500. The number of rotatable bonds is 5. The van der Waals surface area contributed by atoms with Crippen LogP contribution in [0.25, 0.3) is 0 Å². The van der Waals surface area contributed by atoms with Crippen molar-refractivity contribution in [2.45, 2.75) is 30.2 Å². The second-order valence-corrected chi connectivity index (χ2v) is 6.48. The molecule has 1 aromatic carbocycles. The van der Waals surface area contributed by atoms with E-state index in [9.17, 15) is 26.0 Å². The summed E-state index contributed by atoms with van der Waals surface area (Å²) in [5.41, 5.74) is 0. The second kappa shape index (κ2) is 7.58. The largest absolute Gasteiger partial charge is 0.314 e. The Bertz CT molecular complexity index is 610. The Morgan fingerprint density at radius 3 is 2.27 bits per heavy atom. The number of hydrogen-bond acceptors (Lipinski definition) is 3. The minimum atomic E-state index is -4.67. The van der Waals surface area contributed by atoms with Gasteiger partial charge in [-0.15, -0.1) is 12.4 Å². The lowest BCUT2D eigenvalue weighted by molar-refractivity contribution is 0.417. The first-order valence-corrected chi connectivity index (χ1v) is 7.87. The highest BCUT2D eigenvalue weighted by Gasteiger charge is 2.29. The van der Waals surface area contributed by atoms with Crippen LogP contribution in [0.5, 0.6) is 0 Å². The van der Waals surface area contributed by atoms with E-state index in [2.05, 4.69) is 5.32 Å². The number of nitrogens with one attached hydrogen (secondary N) is 2. The molecule has 10 heteroatoms. The third kappa shape index (κ3) is 4.09. The molecule has 0 aromatic heterocycles. The smallest absolute Gasteiger partial charge is 0.246 e. The Hall–Kier alpha value is -0.900. The molecule has 0 bridgehead atoms. The number of halogens is 5. The molecule has 2 rings (SSSR count). The Kier molecular flexibility index (Phi) is 6.60. The molecule has 1 saturated heterocycles. The highest BCUT2D eigenvalue weighted by Crippen LogP contribution is 2.23. The van der Waals surface area contributed by atoms with Gasteiger partial charge in [-0.1, -0.05) is 0 Å². The number of hydrogen-bond donors (Lipinski definition) is 2. The van der Waals surface area contributed by atoms with Crippen LogP contribution in [-0.2, 0) is 10.0 Å². The summed E-state index contributed by atoms with van der Waals surface area (Å²) in [5.74, 6) is -7.38. The van der Waals surface area contributed by atoms with Gasteiger partial charge in [0.1, 0.15) is 0 Å². The molecule has 1 fully saturated rings. The molecule has 126 valence electrons. The van der Waals surface area contributed by atoms with Gasteiger partial charge in [0.15, 0.2) is 28.2 Å². The summed E-state index contributed by atoms with van der Waals surface area (Å²) in [6.07, 6.45) is 2.26. The van der Waals surface area contributed by atoms with E-state index in [1.165, 1.54) is 0 Å². The van der Waals surface area contributed by atoms with Crippen molar-refractivity contribution in [1.29, 1.82) is 0 Å². The Morgan fingerprint density at radius 2 is 1.77 bits per heavy atom. The molecule has 0 radical (unpaired) electrons. The van der Waals surface area contributed by atoms with E-state index in [0.717, 1.165) is 19.4 Å². The van der Waals surface area contributed by atoms with Gasteiger partial charge in [0, 0.05) is 18.7 Å². The van der Waals surface area contributed by atoms with Gasteiger partial charge in [0.2, 0.25) is 10.0 Å². The van der Waals surface area contributed by atoms with Crippen LogP contribution in [0.1, 0.15) is 19.3 Å². The maximum Gasteiger partial charge on any atom is 0.246 e. The minimum Gasteiger partial charge on any atom is -0.314 e. The van der Waals surface area contributed by atoms with Gasteiger partial charge in [-0.3, -0.25) is 0 Å². The van der Waals surface area contributed by atoms with Crippen molar-refractivity contribution in [3.8, 4) is 0 Å². The van der Waals surface area contributed by atoms with E-state index in [4.69, 9.17) is 0 Å². The van der Waals surface area contributed by atoms with E-state index in [1.807, 2.05) is 4.72 Å². The summed E-state index contributed by atoms with van der Waals surface area (Å²) in [5, 5.41) is 3.12. The van der Waals surface area contributed by atoms with Gasteiger partial charge in [-0.2, -0.15) is 0 Å². The molecular weight excluding hydrogens is 348 g/mol. The summed E-state index contributed by atoms with van der Waals surface area (Å²) >= 11 is 0. The first-order valence-electron chi connectivity index (χ1n) is 6.39. The van der Waals surface area contributed by atoms with Crippen molar-refractivity contribution < 1.29 is 26.0 Å². The van der Waals surface area contributed by atoms with Crippen LogP contribution < -0.4 is 10.0 Å². The zero-order chi connectivity index (χ0) is 15.6. The van der Waals surface area contributed by atoms with Crippen LogP contribution in [0.2, 0.25) is 0 Å². The summed E-state index contributed by atoms with van der Waals surface area (Å²) in [7, 11) is -4.67. The molecule has 0 amide bonds. The first-order chi connectivity index (χ1) is 9.83. The molecule has 0 spiro atoms. The molecule has 1 atom stereocenters. The number of sulfonamides is 1. The average molecular weight is 363 g/mol. The summed E-state index contributed by atoms with van der Waals surface area (Å²) < 4.78 is 78.5. The van der Waals surface area contributed by atoms with Crippen molar-refractivity contribution >= 4 is 22.4 Å². The molecule has 4 nitrogen and oxygen atoms in total. The third-order valence-electron chi connectivity index (χ3n) is 3.29. The van der Waals surface area contributed by atoms with Crippen LogP contribution in [0.4, 0.5) is 17.6 Å². The third-order valence-corrected chi connectivity index (χ3v) is 4.77. The zero-order valence-electron chi connectivity index (χ0n) is 11.3. The van der Waals surface area contributed by atoms with Crippen LogP contribution >= 0.6 is 12.4 Å². The lowest BCUT2D eigenvalue weighted by atomic mass is 10.2. The maximum atomic E-state index is 13.5. The molecule has 1 aliphatic heterocycles. The van der Waals surface area contributed by atoms with Gasteiger partial charge in [0.05, 0.1) is 0 Å². The molecule has 1 aromatic rings. The predicted octanol–water partition coefficient (Wildman–Crippen LogP) is 2.09. The van der Waals surface area contributed by atoms with Gasteiger partial charge in [0.25, 0.3) is 0 Å². The van der Waals surface area contributed by atoms with Gasteiger partial charge in [-0.25, -0.2) is 30.7 Å².